The lowest BCUT2D eigenvalue weighted by atomic mass is 10.0. The molecule has 1 aromatic heterocycles. The van der Waals surface area contributed by atoms with Crippen molar-refractivity contribution in [3.05, 3.63) is 38.8 Å². The normalized spacial score (nSPS) is 14.8. The molecule has 1 heterocycles. The van der Waals surface area contributed by atoms with Crippen molar-refractivity contribution in [2.45, 2.75) is 64.1 Å². The maximum atomic E-state index is 11.7. The Morgan fingerprint density at radius 1 is 1.12 bits per heavy atom. The Labute approximate surface area is 197 Å². The Morgan fingerprint density at radius 2 is 1.76 bits per heavy atom. The second kappa shape index (κ2) is 11.5. The molecule has 0 radical (unpaired) electrons. The molecule has 9 heteroatoms. The van der Waals surface area contributed by atoms with Gasteiger partial charge in [0.25, 0.3) is 0 Å². The van der Waals surface area contributed by atoms with Crippen LogP contribution < -0.4 is 9.47 Å². The molecule has 0 saturated heterocycles. The molecule has 3 rings (SSSR count). The fraction of sp³-hybridized carbons (Fsp3) is 0.542. The molecule has 1 aliphatic rings. The number of hydrogen-bond donors (Lipinski definition) is 1. The van der Waals surface area contributed by atoms with E-state index in [-0.39, 0.29) is 29.2 Å². The van der Waals surface area contributed by atoms with Crippen LogP contribution in [0.4, 0.5) is 0 Å². The highest BCUT2D eigenvalue weighted by atomic mass is 32.1. The lowest BCUT2D eigenvalue weighted by Gasteiger charge is -2.22. The first-order chi connectivity index (χ1) is 15.8. The van der Waals surface area contributed by atoms with Gasteiger partial charge in [0.05, 0.1) is 50.7 Å². The predicted molar refractivity (Wildman–Crippen MR) is 124 cm³/mol. The number of carbonyl (C=O) groups is 2. The van der Waals surface area contributed by atoms with E-state index in [0.29, 0.717) is 17.8 Å². The molecule has 0 aliphatic heterocycles. The van der Waals surface area contributed by atoms with E-state index in [1.165, 1.54) is 7.11 Å². The van der Waals surface area contributed by atoms with E-state index in [1.807, 2.05) is 19.1 Å². The van der Waals surface area contributed by atoms with Gasteiger partial charge in [-0.2, -0.15) is 0 Å². The van der Waals surface area contributed by atoms with E-state index >= 15 is 0 Å². The summed E-state index contributed by atoms with van der Waals surface area (Å²) >= 11 is 1.09. The summed E-state index contributed by atoms with van der Waals surface area (Å²) in [6.45, 7) is 1.94. The number of aromatic carboxylic acids is 1. The van der Waals surface area contributed by atoms with Crippen LogP contribution in [0, 0.1) is 6.92 Å². The number of ether oxygens (including phenoxy) is 4. The maximum Gasteiger partial charge on any atom is 0.347 e. The molecule has 2 aromatic rings. The summed E-state index contributed by atoms with van der Waals surface area (Å²) in [7, 11) is 4.53. The molecule has 180 valence electrons. The Balaban J connectivity index is 1.86. The molecule has 0 unspecified atom stereocenters. The van der Waals surface area contributed by atoms with Gasteiger partial charge in [-0.1, -0.05) is 12.8 Å². The largest absolute Gasteiger partial charge is 0.496 e. The quantitative estimate of drug-likeness (QED) is 0.485. The Hall–Kier alpha value is -2.65. The topological polar surface area (TPSA) is 104 Å². The molecule has 0 bridgehead atoms. The van der Waals surface area contributed by atoms with E-state index in [0.717, 1.165) is 59.6 Å². The van der Waals surface area contributed by atoms with E-state index in [2.05, 4.69) is 9.72 Å². The first-order valence-corrected chi connectivity index (χ1v) is 11.8. The summed E-state index contributed by atoms with van der Waals surface area (Å²) in [5.74, 6) is -0.135. The van der Waals surface area contributed by atoms with Gasteiger partial charge in [0.1, 0.15) is 16.4 Å². The van der Waals surface area contributed by atoms with Crippen molar-refractivity contribution in [3.63, 3.8) is 0 Å². The van der Waals surface area contributed by atoms with Gasteiger partial charge >= 0.3 is 11.9 Å². The molecule has 1 atom stereocenters. The van der Waals surface area contributed by atoms with Gasteiger partial charge in [-0.05, 0) is 43.9 Å². The average Bonchev–Trinajstić information content (AvgIpc) is 3.44. The van der Waals surface area contributed by atoms with Gasteiger partial charge in [0.2, 0.25) is 0 Å². The van der Waals surface area contributed by atoms with E-state index in [4.69, 9.17) is 14.2 Å². The van der Waals surface area contributed by atoms with Crippen LogP contribution in [0.15, 0.2) is 12.1 Å². The van der Waals surface area contributed by atoms with Crippen LogP contribution in [0.3, 0.4) is 0 Å². The van der Waals surface area contributed by atoms with Crippen molar-refractivity contribution in [1.29, 1.82) is 0 Å². The number of benzene rings is 1. The van der Waals surface area contributed by atoms with Crippen LogP contribution in [0.1, 0.15) is 57.2 Å². The third-order valence-electron chi connectivity index (χ3n) is 5.84. The highest BCUT2D eigenvalue weighted by Gasteiger charge is 2.26. The van der Waals surface area contributed by atoms with Crippen LogP contribution in [0.5, 0.6) is 11.5 Å². The molecule has 1 N–H and O–H groups in total. The summed E-state index contributed by atoms with van der Waals surface area (Å²) in [6, 6.07) is 3.96. The molecule has 8 nitrogen and oxygen atoms in total. The van der Waals surface area contributed by atoms with Crippen molar-refractivity contribution in [1.82, 2.24) is 4.98 Å². The number of methoxy groups -OCH3 is 3. The second-order valence-electron chi connectivity index (χ2n) is 8.14. The minimum Gasteiger partial charge on any atom is -0.496 e. The van der Waals surface area contributed by atoms with Gasteiger partial charge in [-0.15, -0.1) is 11.3 Å². The Morgan fingerprint density at radius 3 is 2.30 bits per heavy atom. The summed E-state index contributed by atoms with van der Waals surface area (Å²) in [5.41, 5.74) is 2.16. The average molecular weight is 478 g/mol. The number of thiazole rings is 1. The SMILES string of the molecule is COC(=O)Cc1nc(C[C@@H](Cc2cc(OC)c(C)c(OC)c2)OC2CCCC2)sc1C(=O)O. The van der Waals surface area contributed by atoms with Crippen LogP contribution in [-0.2, 0) is 33.5 Å². The van der Waals surface area contributed by atoms with Crippen molar-refractivity contribution in [2.75, 3.05) is 21.3 Å². The summed E-state index contributed by atoms with van der Waals surface area (Å²) in [6.07, 6.45) is 5.17. The van der Waals surface area contributed by atoms with Crippen molar-refractivity contribution in [3.8, 4) is 11.5 Å². The molecular formula is C24H31NO7S. The number of rotatable bonds is 11. The lowest BCUT2D eigenvalue weighted by molar-refractivity contribution is -0.139. The molecule has 33 heavy (non-hydrogen) atoms. The van der Waals surface area contributed by atoms with Crippen LogP contribution in [-0.4, -0.2) is 55.6 Å². The number of aromatic nitrogens is 1. The van der Waals surface area contributed by atoms with Crippen LogP contribution >= 0.6 is 11.3 Å². The zero-order chi connectivity index (χ0) is 24.0. The standard InChI is InChI=1S/C24H31NO7S/c1-14-19(29-2)10-15(11-20(14)30-3)9-17(32-16-7-5-6-8-16)12-21-25-18(13-22(26)31-4)23(33-21)24(27)28/h10-11,16-17H,5-9,12-13H2,1-4H3,(H,27,28)/t17-/m1/s1. The molecule has 1 aromatic carbocycles. The molecule has 1 aliphatic carbocycles. The van der Waals surface area contributed by atoms with Crippen LogP contribution in [0.25, 0.3) is 0 Å². The smallest absolute Gasteiger partial charge is 0.347 e. The minimum atomic E-state index is -1.10. The van der Waals surface area contributed by atoms with E-state index in [9.17, 15) is 14.7 Å². The van der Waals surface area contributed by atoms with Gasteiger partial charge in [-0.25, -0.2) is 9.78 Å². The third kappa shape index (κ3) is 6.45. The molecule has 1 fully saturated rings. The number of carboxylic acids is 1. The van der Waals surface area contributed by atoms with Crippen molar-refractivity contribution in [2.24, 2.45) is 0 Å². The van der Waals surface area contributed by atoms with Gasteiger partial charge < -0.3 is 24.1 Å². The molecule has 0 amide bonds. The van der Waals surface area contributed by atoms with Crippen molar-refractivity contribution < 1.29 is 33.6 Å². The Kier molecular flexibility index (Phi) is 8.68. The molecule has 0 spiro atoms. The minimum absolute atomic E-state index is 0.0636. The molecule has 1 saturated carbocycles. The number of carbonyl (C=O) groups excluding carboxylic acids is 1. The summed E-state index contributed by atoms with van der Waals surface area (Å²) < 4.78 is 22.2. The predicted octanol–water partition coefficient (Wildman–Crippen LogP) is 4.00. The number of esters is 1. The molecular weight excluding hydrogens is 446 g/mol. The van der Waals surface area contributed by atoms with E-state index < -0.39 is 11.9 Å². The Bertz CT molecular complexity index is 956. The highest BCUT2D eigenvalue weighted by Crippen LogP contribution is 2.32. The fourth-order valence-electron chi connectivity index (χ4n) is 4.16. The fourth-order valence-corrected chi connectivity index (χ4v) is 5.15. The summed E-state index contributed by atoms with van der Waals surface area (Å²) in [5, 5.41) is 10.2. The third-order valence-corrected chi connectivity index (χ3v) is 6.95. The maximum absolute atomic E-state index is 11.7. The van der Waals surface area contributed by atoms with Crippen LogP contribution in [0.2, 0.25) is 0 Å². The van der Waals surface area contributed by atoms with E-state index in [1.54, 1.807) is 14.2 Å². The first-order valence-electron chi connectivity index (χ1n) is 11.0. The van der Waals surface area contributed by atoms with Gasteiger partial charge in [0, 0.05) is 12.0 Å². The monoisotopic (exact) mass is 477 g/mol. The number of carboxylic acid groups (broad SMARTS) is 1. The zero-order valence-electron chi connectivity index (χ0n) is 19.5. The number of hydrogen-bond acceptors (Lipinski definition) is 8. The lowest BCUT2D eigenvalue weighted by Crippen LogP contribution is -2.24. The van der Waals surface area contributed by atoms with Crippen molar-refractivity contribution >= 4 is 23.3 Å². The van der Waals surface area contributed by atoms with Gasteiger partial charge in [0.15, 0.2) is 0 Å². The second-order valence-corrected chi connectivity index (χ2v) is 9.22. The first kappa shape index (κ1) is 25.0. The zero-order valence-corrected chi connectivity index (χ0v) is 20.3. The number of nitrogens with zero attached hydrogens (tertiary/aromatic N) is 1. The highest BCUT2D eigenvalue weighted by molar-refractivity contribution is 7.13. The van der Waals surface area contributed by atoms with Gasteiger partial charge in [-0.3, -0.25) is 4.79 Å². The summed E-state index contributed by atoms with van der Waals surface area (Å²) in [4.78, 5) is 27.9.